The first kappa shape index (κ1) is 23.6. The smallest absolute Gasteiger partial charge is 0.324 e. The van der Waals surface area contributed by atoms with Gasteiger partial charge in [-0.3, -0.25) is 9.59 Å². The van der Waals surface area contributed by atoms with Gasteiger partial charge in [-0.25, -0.2) is 0 Å². The Morgan fingerprint density at radius 3 is 2.22 bits per heavy atom. The van der Waals surface area contributed by atoms with Crippen molar-refractivity contribution in [2.75, 3.05) is 13.2 Å². The molecule has 1 aliphatic rings. The van der Waals surface area contributed by atoms with Crippen molar-refractivity contribution >= 4 is 22.0 Å². The molecule has 1 fully saturated rings. The summed E-state index contributed by atoms with van der Waals surface area (Å²) in [5.41, 5.74) is 0.557. The maximum Gasteiger partial charge on any atom is 0.324 e. The van der Waals surface area contributed by atoms with E-state index in [-0.39, 0.29) is 36.6 Å². The van der Waals surface area contributed by atoms with Crippen LogP contribution in [0.2, 0.25) is 0 Å². The van der Waals surface area contributed by atoms with E-state index in [9.17, 15) is 18.0 Å². The number of nitrogens with zero attached hydrogens (tertiary/aromatic N) is 3. The van der Waals surface area contributed by atoms with E-state index < -0.39 is 27.4 Å². The Balaban J connectivity index is 1.96. The molecule has 0 unspecified atom stereocenters. The highest BCUT2D eigenvalue weighted by atomic mass is 32.2. The number of aromatic nitrogens is 3. The Kier molecular flexibility index (Phi) is 7.12. The van der Waals surface area contributed by atoms with E-state index in [1.165, 1.54) is 18.3 Å². The maximum absolute atomic E-state index is 13.0. The van der Waals surface area contributed by atoms with Crippen molar-refractivity contribution in [2.24, 2.45) is 5.41 Å². The van der Waals surface area contributed by atoms with Crippen LogP contribution in [-0.4, -0.2) is 48.0 Å². The van der Waals surface area contributed by atoms with Crippen molar-refractivity contribution in [2.45, 2.75) is 51.3 Å². The molecule has 172 valence electrons. The number of aryl methyl sites for hydroxylation is 1. The molecule has 1 aliphatic carbocycles. The zero-order valence-electron chi connectivity index (χ0n) is 18.4. The Bertz CT molecular complexity index is 1090. The first-order valence-corrected chi connectivity index (χ1v) is 11.9. The van der Waals surface area contributed by atoms with Crippen LogP contribution in [0.4, 0.5) is 0 Å². The molecule has 2 aromatic rings. The number of hydrogen-bond acceptors (Lipinski definition) is 8. The standard InChI is InChI=1S/C22H27N3O6S/c1-4-30-20(26)22(21(27)31-5-2,13-12-17-8-9-17)14-18-15-25(24-23-18)32(28,29)19-10-6-16(3)7-11-19/h6-7,10-12,15H,4-5,8-9,13-14H2,1-3H3. The van der Waals surface area contributed by atoms with Crippen molar-refractivity contribution in [3.05, 3.63) is 53.4 Å². The third-order valence-corrected chi connectivity index (χ3v) is 6.72. The lowest BCUT2D eigenvalue weighted by Crippen LogP contribution is -2.44. The van der Waals surface area contributed by atoms with Crippen LogP contribution in [0.1, 0.15) is 44.4 Å². The minimum absolute atomic E-state index is 0.0556. The van der Waals surface area contributed by atoms with Gasteiger partial charge in [0, 0.05) is 6.42 Å². The van der Waals surface area contributed by atoms with Crippen LogP contribution >= 0.6 is 0 Å². The average molecular weight is 462 g/mol. The van der Waals surface area contributed by atoms with Gasteiger partial charge in [0.2, 0.25) is 0 Å². The Labute approximate surface area is 187 Å². The topological polar surface area (TPSA) is 117 Å². The van der Waals surface area contributed by atoms with Crippen molar-refractivity contribution < 1.29 is 27.5 Å². The normalized spacial score (nSPS) is 13.5. The quantitative estimate of drug-likeness (QED) is 0.301. The monoisotopic (exact) mass is 461 g/mol. The van der Waals surface area contributed by atoms with Gasteiger partial charge in [-0.05, 0) is 52.2 Å². The van der Waals surface area contributed by atoms with E-state index in [1.807, 2.05) is 13.0 Å². The van der Waals surface area contributed by atoms with Crippen LogP contribution < -0.4 is 0 Å². The van der Waals surface area contributed by atoms with Crippen molar-refractivity contribution in [3.8, 4) is 0 Å². The molecular weight excluding hydrogens is 434 g/mol. The Morgan fingerprint density at radius 2 is 1.69 bits per heavy atom. The summed E-state index contributed by atoms with van der Waals surface area (Å²) in [6.07, 6.45) is 4.79. The van der Waals surface area contributed by atoms with Gasteiger partial charge in [-0.1, -0.05) is 34.6 Å². The average Bonchev–Trinajstić information content (AvgIpc) is 3.47. The molecule has 0 radical (unpaired) electrons. The largest absolute Gasteiger partial charge is 0.465 e. The second-order valence-electron chi connectivity index (χ2n) is 7.67. The van der Waals surface area contributed by atoms with Gasteiger partial charge < -0.3 is 9.47 Å². The predicted octanol–water partition coefficient (Wildman–Crippen LogP) is 2.59. The highest BCUT2D eigenvalue weighted by Crippen LogP contribution is 2.36. The molecule has 3 rings (SSSR count). The van der Waals surface area contributed by atoms with Crippen LogP contribution in [0, 0.1) is 12.3 Å². The van der Waals surface area contributed by atoms with E-state index in [2.05, 4.69) is 10.3 Å². The second-order valence-corrected chi connectivity index (χ2v) is 9.46. The number of rotatable bonds is 10. The lowest BCUT2D eigenvalue weighted by Gasteiger charge is -2.27. The van der Waals surface area contributed by atoms with E-state index in [0.717, 1.165) is 28.1 Å². The number of esters is 2. The summed E-state index contributed by atoms with van der Waals surface area (Å²) in [5.74, 6) is -1.46. The van der Waals surface area contributed by atoms with Crippen LogP contribution in [0.25, 0.3) is 0 Å². The molecule has 32 heavy (non-hydrogen) atoms. The summed E-state index contributed by atoms with van der Waals surface area (Å²) in [7, 11) is -3.97. The number of allylic oxidation sites excluding steroid dienone is 2. The molecule has 10 heteroatoms. The fraction of sp³-hybridized carbons (Fsp3) is 0.455. The third-order valence-electron chi connectivity index (χ3n) is 5.18. The number of benzene rings is 1. The molecule has 9 nitrogen and oxygen atoms in total. The predicted molar refractivity (Wildman–Crippen MR) is 115 cm³/mol. The molecule has 1 aromatic heterocycles. The Morgan fingerprint density at radius 1 is 1.09 bits per heavy atom. The molecule has 0 spiro atoms. The van der Waals surface area contributed by atoms with Crippen LogP contribution in [0.15, 0.2) is 47.0 Å². The van der Waals surface area contributed by atoms with Gasteiger partial charge in [-0.2, -0.15) is 8.42 Å². The highest BCUT2D eigenvalue weighted by Gasteiger charge is 2.49. The fourth-order valence-corrected chi connectivity index (χ4v) is 4.30. The van der Waals surface area contributed by atoms with E-state index in [0.29, 0.717) is 0 Å². The first-order valence-electron chi connectivity index (χ1n) is 10.5. The zero-order chi connectivity index (χ0) is 23.4. The summed E-state index contributed by atoms with van der Waals surface area (Å²) < 4.78 is 36.9. The molecule has 1 aromatic carbocycles. The number of ether oxygens (including phenoxy) is 2. The van der Waals surface area contributed by atoms with Gasteiger partial charge in [0.15, 0.2) is 5.41 Å². The summed E-state index contributed by atoms with van der Waals surface area (Å²) in [6.45, 7) is 5.33. The molecule has 0 N–H and O–H groups in total. The maximum atomic E-state index is 13.0. The lowest BCUT2D eigenvalue weighted by molar-refractivity contribution is -0.172. The van der Waals surface area contributed by atoms with Crippen LogP contribution in [-0.2, 0) is 35.5 Å². The van der Waals surface area contributed by atoms with Gasteiger partial charge in [0.25, 0.3) is 10.0 Å². The van der Waals surface area contributed by atoms with E-state index in [4.69, 9.17) is 9.47 Å². The molecule has 0 bridgehead atoms. The molecule has 0 atom stereocenters. The van der Waals surface area contributed by atoms with Gasteiger partial charge in [0.1, 0.15) is 0 Å². The fourth-order valence-electron chi connectivity index (χ4n) is 3.21. The van der Waals surface area contributed by atoms with Crippen molar-refractivity contribution in [1.29, 1.82) is 0 Å². The summed E-state index contributed by atoms with van der Waals surface area (Å²) in [6, 6.07) is 6.33. The molecular formula is C22H27N3O6S. The number of carbonyl (C=O) groups is 2. The summed E-state index contributed by atoms with van der Waals surface area (Å²) in [5, 5.41) is 7.68. The zero-order valence-corrected chi connectivity index (χ0v) is 19.2. The molecule has 0 amide bonds. The van der Waals surface area contributed by atoms with Crippen molar-refractivity contribution in [1.82, 2.24) is 14.4 Å². The lowest BCUT2D eigenvalue weighted by atomic mass is 9.79. The first-order chi connectivity index (χ1) is 15.2. The minimum Gasteiger partial charge on any atom is -0.465 e. The SMILES string of the molecule is CCOC(=O)C(CC=C1CC1)(Cc1cn(S(=O)(=O)c2ccc(C)cc2)nn1)C(=O)OCC. The van der Waals surface area contributed by atoms with E-state index >= 15 is 0 Å². The van der Waals surface area contributed by atoms with Gasteiger partial charge in [-0.15, -0.1) is 9.19 Å². The number of hydrogen-bond donors (Lipinski definition) is 0. The molecule has 1 saturated carbocycles. The number of carbonyl (C=O) groups excluding carboxylic acids is 2. The van der Waals surface area contributed by atoms with Gasteiger partial charge in [0.05, 0.1) is 30.0 Å². The Hall–Kier alpha value is -3.01. The molecule has 0 aliphatic heterocycles. The van der Waals surface area contributed by atoms with Gasteiger partial charge >= 0.3 is 11.9 Å². The molecule has 1 heterocycles. The summed E-state index contributed by atoms with van der Waals surface area (Å²) in [4.78, 5) is 26.0. The summed E-state index contributed by atoms with van der Waals surface area (Å²) >= 11 is 0. The third kappa shape index (κ3) is 5.07. The van der Waals surface area contributed by atoms with Crippen LogP contribution in [0.3, 0.4) is 0 Å². The molecule has 0 saturated heterocycles. The highest BCUT2D eigenvalue weighted by molar-refractivity contribution is 7.89. The van der Waals surface area contributed by atoms with E-state index in [1.54, 1.807) is 26.0 Å². The van der Waals surface area contributed by atoms with Crippen LogP contribution in [0.5, 0.6) is 0 Å². The van der Waals surface area contributed by atoms with Crippen molar-refractivity contribution in [3.63, 3.8) is 0 Å². The second kappa shape index (κ2) is 9.64. The minimum atomic E-state index is -3.97.